The number of thioether (sulfide) groups is 1. The first-order chi connectivity index (χ1) is 7.84. The van der Waals surface area contributed by atoms with Gasteiger partial charge in [-0.25, -0.2) is 4.98 Å². The van der Waals surface area contributed by atoms with E-state index in [4.69, 9.17) is 11.6 Å². The second kappa shape index (κ2) is 4.30. The fraction of sp³-hybridized carbons (Fsp3) is 0.417. The Morgan fingerprint density at radius 1 is 1.38 bits per heavy atom. The number of imidazole rings is 1. The summed E-state index contributed by atoms with van der Waals surface area (Å²) in [4.78, 5) is 4.54. The summed E-state index contributed by atoms with van der Waals surface area (Å²) in [6, 6.07) is 3.93. The monoisotopic (exact) mass is 252 g/mol. The van der Waals surface area contributed by atoms with E-state index in [0.717, 1.165) is 16.4 Å². The van der Waals surface area contributed by atoms with Crippen molar-refractivity contribution < 1.29 is 0 Å². The third kappa shape index (κ3) is 1.82. The number of pyridine rings is 1. The van der Waals surface area contributed by atoms with E-state index >= 15 is 0 Å². The third-order valence-electron chi connectivity index (χ3n) is 2.99. The highest BCUT2D eigenvalue weighted by Gasteiger charge is 2.20. The number of hydrogen-bond acceptors (Lipinski definition) is 2. The summed E-state index contributed by atoms with van der Waals surface area (Å²) >= 11 is 8.05. The van der Waals surface area contributed by atoms with Gasteiger partial charge in [-0.2, -0.15) is 11.8 Å². The van der Waals surface area contributed by atoms with Crippen LogP contribution in [0.1, 0.15) is 30.3 Å². The molecule has 1 unspecified atom stereocenters. The molecule has 2 nitrogen and oxygen atoms in total. The molecule has 1 fully saturated rings. The Labute approximate surface area is 104 Å². The van der Waals surface area contributed by atoms with Crippen LogP contribution in [0.5, 0.6) is 0 Å². The summed E-state index contributed by atoms with van der Waals surface area (Å²) in [7, 11) is 0. The van der Waals surface area contributed by atoms with Gasteiger partial charge in [0.05, 0.1) is 22.0 Å². The molecule has 1 aliphatic rings. The summed E-state index contributed by atoms with van der Waals surface area (Å²) in [5.74, 6) is 2.40. The van der Waals surface area contributed by atoms with Gasteiger partial charge in [0.1, 0.15) is 5.82 Å². The molecule has 1 saturated heterocycles. The first kappa shape index (κ1) is 10.5. The Morgan fingerprint density at radius 2 is 2.31 bits per heavy atom. The van der Waals surface area contributed by atoms with Crippen LogP contribution in [0.15, 0.2) is 24.5 Å². The second-order valence-electron chi connectivity index (χ2n) is 4.11. The molecule has 0 saturated carbocycles. The van der Waals surface area contributed by atoms with E-state index in [1.54, 1.807) is 0 Å². The van der Waals surface area contributed by atoms with Crippen molar-refractivity contribution in [2.24, 2.45) is 0 Å². The van der Waals surface area contributed by atoms with Gasteiger partial charge in [-0.15, -0.1) is 0 Å². The summed E-state index contributed by atoms with van der Waals surface area (Å²) < 4.78 is 2.13. The standard InChI is InChI=1S/C12H13ClN2S/c13-9-4-5-10-7-14-12(15(10)8-9)11-3-1-2-6-16-11/h4-5,7-8,11H,1-3,6H2. The summed E-state index contributed by atoms with van der Waals surface area (Å²) in [5.41, 5.74) is 1.13. The van der Waals surface area contributed by atoms with Gasteiger partial charge >= 0.3 is 0 Å². The van der Waals surface area contributed by atoms with Crippen LogP contribution in [0.25, 0.3) is 5.52 Å². The predicted octanol–water partition coefficient (Wildman–Crippen LogP) is 3.95. The SMILES string of the molecule is Clc1ccc2cnc(C3CCCCS3)n2c1. The summed E-state index contributed by atoms with van der Waals surface area (Å²) in [6.45, 7) is 0. The zero-order valence-electron chi connectivity index (χ0n) is 8.90. The van der Waals surface area contributed by atoms with Crippen molar-refractivity contribution in [3.05, 3.63) is 35.4 Å². The number of rotatable bonds is 1. The molecule has 0 radical (unpaired) electrons. The molecule has 1 aliphatic heterocycles. The molecule has 0 aromatic carbocycles. The summed E-state index contributed by atoms with van der Waals surface area (Å²) in [5, 5.41) is 1.31. The predicted molar refractivity (Wildman–Crippen MR) is 69.3 cm³/mol. The topological polar surface area (TPSA) is 17.3 Å². The number of fused-ring (bicyclic) bond motifs is 1. The molecule has 0 amide bonds. The molecular formula is C12H13ClN2S. The minimum absolute atomic E-state index is 0.537. The van der Waals surface area contributed by atoms with Gasteiger partial charge in [-0.3, -0.25) is 0 Å². The molecule has 3 rings (SSSR count). The number of aromatic nitrogens is 2. The van der Waals surface area contributed by atoms with Gasteiger partial charge in [-0.05, 0) is 30.7 Å². The molecule has 0 N–H and O–H groups in total. The van der Waals surface area contributed by atoms with Gasteiger partial charge in [0.15, 0.2) is 0 Å². The second-order valence-corrected chi connectivity index (χ2v) is 5.86. The molecule has 0 aliphatic carbocycles. The Morgan fingerprint density at radius 3 is 3.12 bits per heavy atom. The van der Waals surface area contributed by atoms with Crippen LogP contribution < -0.4 is 0 Å². The average Bonchev–Trinajstić information content (AvgIpc) is 2.73. The van der Waals surface area contributed by atoms with Gasteiger partial charge in [0.2, 0.25) is 0 Å². The highest BCUT2D eigenvalue weighted by atomic mass is 35.5. The maximum Gasteiger partial charge on any atom is 0.126 e. The van der Waals surface area contributed by atoms with E-state index in [0.29, 0.717) is 5.25 Å². The van der Waals surface area contributed by atoms with Crippen LogP contribution in [-0.4, -0.2) is 15.1 Å². The van der Waals surface area contributed by atoms with Crippen LogP contribution >= 0.6 is 23.4 Å². The lowest BCUT2D eigenvalue weighted by atomic mass is 10.2. The maximum absolute atomic E-state index is 6.03. The highest BCUT2D eigenvalue weighted by Crippen LogP contribution is 2.37. The molecule has 3 heterocycles. The molecule has 4 heteroatoms. The Hall–Kier alpha value is -0.670. The molecule has 2 aromatic rings. The fourth-order valence-corrected chi connectivity index (χ4v) is 3.64. The van der Waals surface area contributed by atoms with E-state index in [1.807, 2.05) is 36.3 Å². The van der Waals surface area contributed by atoms with E-state index in [9.17, 15) is 0 Å². The van der Waals surface area contributed by atoms with E-state index in [2.05, 4.69) is 9.38 Å². The minimum atomic E-state index is 0.537. The van der Waals surface area contributed by atoms with Crippen molar-refractivity contribution in [1.82, 2.24) is 9.38 Å². The van der Waals surface area contributed by atoms with Crippen molar-refractivity contribution in [1.29, 1.82) is 0 Å². The quantitative estimate of drug-likeness (QED) is 0.765. The van der Waals surface area contributed by atoms with Crippen LogP contribution in [0.3, 0.4) is 0 Å². The van der Waals surface area contributed by atoms with Gasteiger partial charge in [0.25, 0.3) is 0 Å². The van der Waals surface area contributed by atoms with Crippen LogP contribution in [0, 0.1) is 0 Å². The van der Waals surface area contributed by atoms with Gasteiger partial charge in [-0.1, -0.05) is 18.0 Å². The Bertz CT molecular complexity index is 503. The lowest BCUT2D eigenvalue weighted by molar-refractivity contribution is 0.660. The van der Waals surface area contributed by atoms with E-state index in [1.165, 1.54) is 25.0 Å². The zero-order chi connectivity index (χ0) is 11.0. The third-order valence-corrected chi connectivity index (χ3v) is 4.58. The van der Waals surface area contributed by atoms with Crippen molar-refractivity contribution in [3.63, 3.8) is 0 Å². The van der Waals surface area contributed by atoms with Crippen molar-refractivity contribution in [2.45, 2.75) is 24.5 Å². The Balaban J connectivity index is 2.05. The average molecular weight is 253 g/mol. The lowest BCUT2D eigenvalue weighted by Crippen LogP contribution is -2.06. The fourth-order valence-electron chi connectivity index (χ4n) is 2.17. The normalized spacial score (nSPS) is 21.4. The van der Waals surface area contributed by atoms with Crippen molar-refractivity contribution >= 4 is 28.9 Å². The molecular weight excluding hydrogens is 240 g/mol. The molecule has 84 valence electrons. The van der Waals surface area contributed by atoms with Crippen molar-refractivity contribution in [2.75, 3.05) is 5.75 Å². The maximum atomic E-state index is 6.03. The van der Waals surface area contributed by atoms with Gasteiger partial charge < -0.3 is 4.40 Å². The molecule has 16 heavy (non-hydrogen) atoms. The number of nitrogens with zero attached hydrogens (tertiary/aromatic N) is 2. The Kier molecular flexibility index (Phi) is 2.82. The van der Waals surface area contributed by atoms with E-state index < -0.39 is 0 Å². The number of hydrogen-bond donors (Lipinski definition) is 0. The highest BCUT2D eigenvalue weighted by molar-refractivity contribution is 7.99. The molecule has 2 aromatic heterocycles. The lowest BCUT2D eigenvalue weighted by Gasteiger charge is -2.20. The van der Waals surface area contributed by atoms with Crippen molar-refractivity contribution in [3.8, 4) is 0 Å². The van der Waals surface area contributed by atoms with Crippen LogP contribution in [0.2, 0.25) is 5.02 Å². The number of halogens is 1. The first-order valence-corrected chi connectivity index (χ1v) is 7.01. The zero-order valence-corrected chi connectivity index (χ0v) is 10.5. The minimum Gasteiger partial charge on any atom is -0.301 e. The van der Waals surface area contributed by atoms with Crippen LogP contribution in [-0.2, 0) is 0 Å². The van der Waals surface area contributed by atoms with E-state index in [-0.39, 0.29) is 0 Å². The van der Waals surface area contributed by atoms with Crippen LogP contribution in [0.4, 0.5) is 0 Å². The summed E-state index contributed by atoms with van der Waals surface area (Å²) in [6.07, 6.45) is 7.78. The molecule has 0 bridgehead atoms. The first-order valence-electron chi connectivity index (χ1n) is 5.59. The molecule has 1 atom stereocenters. The smallest absolute Gasteiger partial charge is 0.126 e. The largest absolute Gasteiger partial charge is 0.301 e. The molecule has 0 spiro atoms. The van der Waals surface area contributed by atoms with Gasteiger partial charge in [0, 0.05) is 6.20 Å².